The molecule has 0 N–H and O–H groups in total. The molecular weight excluding hydrogens is 325 g/mol. The molecule has 0 bridgehead atoms. The van der Waals surface area contributed by atoms with Crippen LogP contribution in [0.1, 0.15) is 4.88 Å². The third-order valence-electron chi connectivity index (χ3n) is 2.53. The Kier molecular flexibility index (Phi) is 4.53. The van der Waals surface area contributed by atoms with Gasteiger partial charge in [0.2, 0.25) is 10.0 Å². The molecule has 0 amide bonds. The van der Waals surface area contributed by atoms with Gasteiger partial charge in [-0.2, -0.15) is 4.31 Å². The molecule has 1 heterocycles. The van der Waals surface area contributed by atoms with Gasteiger partial charge in [-0.25, -0.2) is 8.42 Å². The van der Waals surface area contributed by atoms with Crippen LogP contribution in [0.2, 0.25) is 9.36 Å². The van der Waals surface area contributed by atoms with Crippen molar-refractivity contribution in [2.75, 3.05) is 7.05 Å². The average Bonchev–Trinajstić information content (AvgIpc) is 2.75. The maximum Gasteiger partial charge on any atom is 0.244 e. The second kappa shape index (κ2) is 5.81. The molecular formula is C12H11Cl2NO2S2. The number of halogens is 2. The molecule has 0 saturated heterocycles. The quantitative estimate of drug-likeness (QED) is 0.850. The first kappa shape index (κ1) is 14.8. The largest absolute Gasteiger partial charge is 0.244 e. The Morgan fingerprint density at radius 3 is 2.42 bits per heavy atom. The van der Waals surface area contributed by atoms with E-state index in [-0.39, 0.29) is 16.5 Å². The first-order valence-electron chi connectivity index (χ1n) is 5.36. The predicted octanol–water partition coefficient (Wildman–Crippen LogP) is 3.88. The van der Waals surface area contributed by atoms with Crippen LogP contribution in [0.3, 0.4) is 0 Å². The van der Waals surface area contributed by atoms with Crippen LogP contribution in [-0.4, -0.2) is 19.8 Å². The number of hydrogen-bond donors (Lipinski definition) is 0. The lowest BCUT2D eigenvalue weighted by Crippen LogP contribution is -2.26. The summed E-state index contributed by atoms with van der Waals surface area (Å²) in [5, 5.41) is 0.221. The van der Waals surface area contributed by atoms with Crippen LogP contribution in [-0.2, 0) is 16.6 Å². The zero-order chi connectivity index (χ0) is 14.0. The second-order valence-electron chi connectivity index (χ2n) is 3.90. The lowest BCUT2D eigenvalue weighted by Gasteiger charge is -2.17. The minimum atomic E-state index is -3.59. The van der Waals surface area contributed by atoms with Crippen LogP contribution in [0, 0.1) is 0 Å². The monoisotopic (exact) mass is 335 g/mol. The van der Waals surface area contributed by atoms with E-state index in [0.29, 0.717) is 4.34 Å². The molecule has 0 fully saturated rings. The third kappa shape index (κ3) is 3.30. The van der Waals surface area contributed by atoms with Crippen molar-refractivity contribution >= 4 is 44.6 Å². The summed E-state index contributed by atoms with van der Waals surface area (Å²) in [6, 6.07) is 9.96. The molecule has 0 aliphatic heterocycles. The summed E-state index contributed by atoms with van der Waals surface area (Å²) in [5.74, 6) is 0. The number of nitrogens with zero attached hydrogens (tertiary/aromatic N) is 1. The SMILES string of the molecule is CN(Cc1ccc(Cl)s1)S(=O)(=O)c1ccccc1Cl. The highest BCUT2D eigenvalue weighted by molar-refractivity contribution is 7.89. The lowest BCUT2D eigenvalue weighted by atomic mass is 10.4. The van der Waals surface area contributed by atoms with E-state index < -0.39 is 10.0 Å². The first-order chi connectivity index (χ1) is 8.91. The Balaban J connectivity index is 2.27. The highest BCUT2D eigenvalue weighted by atomic mass is 35.5. The van der Waals surface area contributed by atoms with Gasteiger partial charge >= 0.3 is 0 Å². The topological polar surface area (TPSA) is 37.4 Å². The summed E-state index contributed by atoms with van der Waals surface area (Å²) in [5.41, 5.74) is 0. The molecule has 0 unspecified atom stereocenters. The number of sulfonamides is 1. The summed E-state index contributed by atoms with van der Waals surface area (Å²) in [6.07, 6.45) is 0. The van der Waals surface area contributed by atoms with E-state index in [1.54, 1.807) is 24.3 Å². The van der Waals surface area contributed by atoms with E-state index in [2.05, 4.69) is 0 Å². The van der Waals surface area contributed by atoms with Gasteiger partial charge in [0.15, 0.2) is 0 Å². The van der Waals surface area contributed by atoms with E-state index in [0.717, 1.165) is 4.88 Å². The van der Waals surface area contributed by atoms with Crippen molar-refractivity contribution < 1.29 is 8.42 Å². The van der Waals surface area contributed by atoms with Crippen molar-refractivity contribution in [3.05, 3.63) is 50.6 Å². The molecule has 2 aromatic rings. The van der Waals surface area contributed by atoms with Crippen molar-refractivity contribution in [2.45, 2.75) is 11.4 Å². The third-order valence-corrected chi connectivity index (χ3v) is 6.05. The van der Waals surface area contributed by atoms with Gasteiger partial charge in [0.25, 0.3) is 0 Å². The van der Waals surface area contributed by atoms with Gasteiger partial charge in [-0.1, -0.05) is 35.3 Å². The zero-order valence-corrected chi connectivity index (χ0v) is 13.2. The van der Waals surface area contributed by atoms with Gasteiger partial charge < -0.3 is 0 Å². The fourth-order valence-electron chi connectivity index (χ4n) is 1.56. The van der Waals surface area contributed by atoms with Gasteiger partial charge in [0.1, 0.15) is 4.90 Å². The molecule has 0 spiro atoms. The van der Waals surface area contributed by atoms with Gasteiger partial charge in [0, 0.05) is 18.5 Å². The molecule has 19 heavy (non-hydrogen) atoms. The maximum absolute atomic E-state index is 12.4. The van der Waals surface area contributed by atoms with Crippen LogP contribution >= 0.6 is 34.5 Å². The van der Waals surface area contributed by atoms with E-state index in [9.17, 15) is 8.42 Å². The molecule has 0 radical (unpaired) electrons. The van der Waals surface area contributed by atoms with E-state index in [1.807, 2.05) is 6.07 Å². The maximum atomic E-state index is 12.4. The fourth-order valence-corrected chi connectivity index (χ4v) is 4.42. The molecule has 0 saturated carbocycles. The Morgan fingerprint density at radius 1 is 1.16 bits per heavy atom. The van der Waals surface area contributed by atoms with Crippen LogP contribution in [0.5, 0.6) is 0 Å². The van der Waals surface area contributed by atoms with Crippen LogP contribution < -0.4 is 0 Å². The van der Waals surface area contributed by atoms with Gasteiger partial charge in [-0.3, -0.25) is 0 Å². The van der Waals surface area contributed by atoms with E-state index in [1.165, 1.54) is 28.8 Å². The molecule has 2 rings (SSSR count). The number of hydrogen-bond acceptors (Lipinski definition) is 3. The van der Waals surface area contributed by atoms with E-state index >= 15 is 0 Å². The summed E-state index contributed by atoms with van der Waals surface area (Å²) in [7, 11) is -2.07. The fraction of sp³-hybridized carbons (Fsp3) is 0.167. The van der Waals surface area contributed by atoms with Crippen molar-refractivity contribution in [3.63, 3.8) is 0 Å². The van der Waals surface area contributed by atoms with Crippen molar-refractivity contribution in [1.82, 2.24) is 4.31 Å². The number of rotatable bonds is 4. The Hall–Kier alpha value is -0.590. The Morgan fingerprint density at radius 2 is 1.84 bits per heavy atom. The van der Waals surface area contributed by atoms with Crippen molar-refractivity contribution in [3.8, 4) is 0 Å². The summed E-state index contributed by atoms with van der Waals surface area (Å²) < 4.78 is 26.7. The molecule has 1 aromatic heterocycles. The molecule has 0 aliphatic carbocycles. The first-order valence-corrected chi connectivity index (χ1v) is 8.37. The minimum absolute atomic E-state index is 0.113. The van der Waals surface area contributed by atoms with Gasteiger partial charge in [-0.05, 0) is 24.3 Å². The molecule has 102 valence electrons. The Labute approximate surface area is 126 Å². The van der Waals surface area contributed by atoms with Crippen LogP contribution in [0.4, 0.5) is 0 Å². The van der Waals surface area contributed by atoms with Crippen molar-refractivity contribution in [1.29, 1.82) is 0 Å². The van der Waals surface area contributed by atoms with Gasteiger partial charge in [-0.15, -0.1) is 11.3 Å². The molecule has 0 aliphatic rings. The standard InChI is InChI=1S/C12H11Cl2NO2S2/c1-15(8-9-6-7-12(14)18-9)19(16,17)11-5-3-2-4-10(11)13/h2-7H,8H2,1H3. The molecule has 3 nitrogen and oxygen atoms in total. The molecule has 1 aromatic carbocycles. The normalized spacial score (nSPS) is 12.0. The highest BCUT2D eigenvalue weighted by Gasteiger charge is 2.23. The van der Waals surface area contributed by atoms with Gasteiger partial charge in [0.05, 0.1) is 9.36 Å². The molecule has 0 atom stereocenters. The second-order valence-corrected chi connectivity index (χ2v) is 8.12. The van der Waals surface area contributed by atoms with Crippen LogP contribution in [0.25, 0.3) is 0 Å². The minimum Gasteiger partial charge on any atom is -0.207 e. The lowest BCUT2D eigenvalue weighted by molar-refractivity contribution is 0.469. The summed E-state index contributed by atoms with van der Waals surface area (Å²) in [4.78, 5) is 0.991. The number of thiophene rings is 1. The summed E-state index contributed by atoms with van der Waals surface area (Å²) >= 11 is 13.1. The predicted molar refractivity (Wildman–Crippen MR) is 79.4 cm³/mol. The van der Waals surface area contributed by atoms with E-state index in [4.69, 9.17) is 23.2 Å². The highest BCUT2D eigenvalue weighted by Crippen LogP contribution is 2.27. The van der Waals surface area contributed by atoms with Crippen molar-refractivity contribution in [2.24, 2.45) is 0 Å². The zero-order valence-electron chi connectivity index (χ0n) is 10.0. The van der Waals surface area contributed by atoms with Crippen LogP contribution in [0.15, 0.2) is 41.3 Å². The smallest absolute Gasteiger partial charge is 0.207 e. The summed E-state index contributed by atoms with van der Waals surface area (Å²) in [6.45, 7) is 0.269. The Bertz CT molecular complexity index is 683. The molecule has 7 heteroatoms. The number of benzene rings is 1. The average molecular weight is 336 g/mol.